The van der Waals surface area contributed by atoms with E-state index < -0.39 is 0 Å². The number of hydrogen-bond acceptors (Lipinski definition) is 1. The van der Waals surface area contributed by atoms with Crippen molar-refractivity contribution < 1.29 is 4.79 Å². The van der Waals surface area contributed by atoms with Gasteiger partial charge >= 0.3 is 44.2 Å². The molecule has 0 aliphatic rings. The molecule has 0 aromatic heterocycles. The van der Waals surface area contributed by atoms with Crippen LogP contribution in [0.3, 0.4) is 0 Å². The molecule has 1 radical (unpaired) electrons. The van der Waals surface area contributed by atoms with Crippen LogP contribution in [0.4, 0.5) is 0 Å². The Bertz CT molecular complexity index is 45.5. The molecule has 0 aromatic rings. The second-order valence-corrected chi connectivity index (χ2v) is 2.96. The molecule has 0 heterocycles. The Hall–Kier alpha value is 0.228. The fraction of sp³-hybridized carbons (Fsp3) is 0.750. The summed E-state index contributed by atoms with van der Waals surface area (Å²) in [5.74, 6) is 0. The summed E-state index contributed by atoms with van der Waals surface area (Å²) in [6.45, 7) is 1.90. The molecule has 0 fully saturated rings. The van der Waals surface area contributed by atoms with E-state index in [1.54, 1.807) is 0 Å². The predicted octanol–water partition coefficient (Wildman–Crippen LogP) is 0.675. The molecule has 2 heteroatoms. The second-order valence-electron chi connectivity index (χ2n) is 0.971. The fourth-order valence-electron chi connectivity index (χ4n) is 0.158. The van der Waals surface area contributed by atoms with Crippen LogP contribution in [-0.2, 0) is 4.79 Å². The van der Waals surface area contributed by atoms with Crippen molar-refractivity contribution in [2.45, 2.75) is 19.1 Å². The molecule has 0 unspecified atom stereocenters. The topological polar surface area (TPSA) is 17.1 Å². The Labute approximate surface area is 44.8 Å². The average molecular weight is 147 g/mol. The Balaban J connectivity index is 2.99. The maximum atomic E-state index is 10.2. The molecule has 35 valence electrons. The molecular weight excluding hydrogens is 139 g/mol. The van der Waals surface area contributed by atoms with Gasteiger partial charge in [0.25, 0.3) is 0 Å². The van der Waals surface area contributed by atoms with Gasteiger partial charge in [-0.1, -0.05) is 0 Å². The van der Waals surface area contributed by atoms with Crippen molar-refractivity contribution in [2.24, 2.45) is 0 Å². The zero-order chi connectivity index (χ0) is 4.99. The monoisotopic (exact) mass is 147 g/mol. The molecule has 0 aromatic carbocycles. The van der Waals surface area contributed by atoms with Gasteiger partial charge < -0.3 is 0 Å². The molecule has 0 saturated heterocycles. The van der Waals surface area contributed by atoms with Crippen molar-refractivity contribution in [3.63, 3.8) is 0 Å². The van der Waals surface area contributed by atoms with Crippen LogP contribution in [0.5, 0.6) is 0 Å². The summed E-state index contributed by atoms with van der Waals surface area (Å²) in [7, 11) is 0. The van der Waals surface area contributed by atoms with E-state index in [0.29, 0.717) is 4.57 Å². The van der Waals surface area contributed by atoms with E-state index >= 15 is 0 Å². The van der Waals surface area contributed by atoms with Crippen molar-refractivity contribution in [1.82, 2.24) is 0 Å². The Morgan fingerprint density at radius 2 is 2.33 bits per heavy atom. The van der Waals surface area contributed by atoms with Gasteiger partial charge in [-0.15, -0.1) is 0 Å². The predicted molar refractivity (Wildman–Crippen MR) is 26.9 cm³/mol. The molecule has 1 nitrogen and oxygen atoms in total. The van der Waals surface area contributed by atoms with Crippen LogP contribution in [0.15, 0.2) is 0 Å². The van der Waals surface area contributed by atoms with Gasteiger partial charge in [0.2, 0.25) is 0 Å². The molecule has 0 saturated carbocycles. The van der Waals surface area contributed by atoms with E-state index in [9.17, 15) is 4.79 Å². The third-order valence-corrected chi connectivity index (χ3v) is 2.26. The minimum atomic E-state index is 0.0217. The average Bonchev–Trinajstić information content (AvgIpc) is 1.65. The molecule has 0 rings (SSSR count). The van der Waals surface area contributed by atoms with Gasteiger partial charge in [0.15, 0.2) is 0 Å². The van der Waals surface area contributed by atoms with Crippen molar-refractivity contribution in [3.05, 3.63) is 0 Å². The molecule has 6 heavy (non-hydrogen) atoms. The Kier molecular flexibility index (Phi) is 3.55. The first-order chi connectivity index (χ1) is 2.81. The number of rotatable bonds is 2. The number of carbonyl (C=O) groups is 1. The molecule has 0 spiro atoms. The Morgan fingerprint density at radius 1 is 1.83 bits per heavy atom. The van der Waals surface area contributed by atoms with Gasteiger partial charge in [-0.2, -0.15) is 0 Å². The van der Waals surface area contributed by atoms with Gasteiger partial charge in [0, 0.05) is 0 Å². The number of carbonyl (C=O) groups excluding carboxylic acids is 1. The summed E-state index contributed by atoms with van der Waals surface area (Å²) >= 11 is 0.0217. The van der Waals surface area contributed by atoms with Gasteiger partial charge in [-0.3, -0.25) is 0 Å². The van der Waals surface area contributed by atoms with Gasteiger partial charge in [0.05, 0.1) is 0 Å². The van der Waals surface area contributed by atoms with Crippen molar-refractivity contribution in [1.29, 1.82) is 0 Å². The zero-order valence-electron chi connectivity index (χ0n) is 4.06. The zero-order valence-corrected chi connectivity index (χ0v) is 5.94. The summed E-state index contributed by atoms with van der Waals surface area (Å²) < 4.78 is 0.436. The van der Waals surface area contributed by atoms with E-state index in [-0.39, 0.29) is 15.8 Å². The minimum absolute atomic E-state index is 0.0217. The van der Waals surface area contributed by atoms with E-state index in [1.165, 1.54) is 0 Å². The summed E-state index contributed by atoms with van der Waals surface area (Å²) in [6.07, 6.45) is 0.733. The van der Waals surface area contributed by atoms with Crippen LogP contribution in [0.25, 0.3) is 0 Å². The molecule has 0 atom stereocenters. The first-order valence-electron chi connectivity index (χ1n) is 1.94. The number of hydrogen-bond donors (Lipinski definition) is 0. The van der Waals surface area contributed by atoms with Crippen molar-refractivity contribution in [2.75, 3.05) is 0 Å². The fourth-order valence-corrected chi connectivity index (χ4v) is 0.822. The van der Waals surface area contributed by atoms with Gasteiger partial charge in [-0.05, 0) is 0 Å². The third-order valence-electron chi connectivity index (χ3n) is 0.552. The Morgan fingerprint density at radius 3 is 2.33 bits per heavy atom. The van der Waals surface area contributed by atoms with Crippen LogP contribution in [0.2, 0.25) is 5.71 Å². The van der Waals surface area contributed by atoms with E-state index in [2.05, 4.69) is 0 Å². The second kappa shape index (κ2) is 3.42. The molecule has 0 amide bonds. The first kappa shape index (κ1) is 6.23. The molecule has 0 bridgehead atoms. The summed E-state index contributed by atoms with van der Waals surface area (Å²) in [4.78, 5) is 10.2. The first-order valence-corrected chi connectivity index (χ1v) is 4.75. The maximum absolute atomic E-state index is 10.2. The van der Waals surface area contributed by atoms with Crippen LogP contribution in [0, 0.1) is 0 Å². The van der Waals surface area contributed by atoms with Crippen LogP contribution in [-0.4, -0.2) is 20.3 Å². The van der Waals surface area contributed by atoms with E-state index in [0.717, 1.165) is 6.42 Å². The van der Waals surface area contributed by atoms with Crippen molar-refractivity contribution in [3.8, 4) is 0 Å². The van der Waals surface area contributed by atoms with E-state index in [4.69, 9.17) is 0 Å². The molecular formula is C4H8AsO. The standard InChI is InChI=1S/C4H8AsO/c1-3-4(6)5-2/h3H2,1-2H3. The van der Waals surface area contributed by atoms with Crippen LogP contribution >= 0.6 is 0 Å². The van der Waals surface area contributed by atoms with E-state index in [1.807, 2.05) is 12.6 Å². The normalized spacial score (nSPS) is 10.3. The summed E-state index contributed by atoms with van der Waals surface area (Å²) in [5.41, 5.74) is 1.97. The SMILES string of the molecule is CCC(=O)[As]C. The van der Waals surface area contributed by atoms with Crippen molar-refractivity contribution >= 4 is 20.3 Å². The third kappa shape index (κ3) is 2.46. The van der Waals surface area contributed by atoms with Crippen LogP contribution < -0.4 is 0 Å². The molecule has 0 N–H and O–H groups in total. The summed E-state index contributed by atoms with van der Waals surface area (Å²) in [5, 5.41) is 0. The van der Waals surface area contributed by atoms with Crippen LogP contribution in [0.1, 0.15) is 13.3 Å². The summed E-state index contributed by atoms with van der Waals surface area (Å²) in [6, 6.07) is 0. The quantitative estimate of drug-likeness (QED) is 0.524. The van der Waals surface area contributed by atoms with Gasteiger partial charge in [-0.25, -0.2) is 0 Å². The van der Waals surface area contributed by atoms with Gasteiger partial charge in [0.1, 0.15) is 0 Å². The molecule has 0 aliphatic heterocycles. The molecule has 0 aliphatic carbocycles.